The molecule has 0 aliphatic rings. The Morgan fingerprint density at radius 2 is 1.80 bits per heavy atom. The van der Waals surface area contributed by atoms with E-state index in [-0.39, 0.29) is 6.61 Å². The molecule has 0 rings (SSSR count). The van der Waals surface area contributed by atoms with E-state index >= 15 is 0 Å². The Kier molecular flexibility index (Phi) is 11.0. The third kappa shape index (κ3) is 15.1. The molecule has 0 aliphatic carbocycles. The molecule has 86 valence electrons. The van der Waals surface area contributed by atoms with E-state index in [1.54, 1.807) is 0 Å². The van der Waals surface area contributed by atoms with Crippen molar-refractivity contribution >= 4 is 11.9 Å². The van der Waals surface area contributed by atoms with Gasteiger partial charge in [-0.15, -0.1) is 0 Å². The summed E-state index contributed by atoms with van der Waals surface area (Å²) >= 11 is 0. The van der Waals surface area contributed by atoms with Gasteiger partial charge in [0.25, 0.3) is 0 Å². The molecule has 0 saturated carbocycles. The van der Waals surface area contributed by atoms with Crippen LogP contribution in [0.15, 0.2) is 25.3 Å². The number of aliphatic hydroxyl groups excluding tert-OH is 2. The fraction of sp³-hybridized carbons (Fsp3) is 0.333. The lowest BCUT2D eigenvalue weighted by Crippen LogP contribution is -2.21. The highest BCUT2D eigenvalue weighted by Crippen LogP contribution is 1.84. The largest absolute Gasteiger partial charge is 0.478 e. The maximum absolute atomic E-state index is 10.3. The van der Waals surface area contributed by atoms with Crippen molar-refractivity contribution in [2.75, 3.05) is 13.2 Å². The van der Waals surface area contributed by atoms with Gasteiger partial charge in [0.2, 0.25) is 0 Å². The lowest BCUT2D eigenvalue weighted by atomic mass is 10.4. The maximum Gasteiger partial charge on any atom is 0.330 e. The summed E-state index contributed by atoms with van der Waals surface area (Å²) in [4.78, 5) is 19.5. The highest BCUT2D eigenvalue weighted by Gasteiger charge is 2.03. The zero-order valence-electron chi connectivity index (χ0n) is 8.13. The first-order valence-corrected chi connectivity index (χ1v) is 3.91. The predicted octanol–water partition coefficient (Wildman–Crippen LogP) is -0.674. The summed E-state index contributed by atoms with van der Waals surface area (Å²) in [6, 6.07) is 0. The van der Waals surface area contributed by atoms with Crippen molar-refractivity contribution < 1.29 is 29.6 Å². The standard InChI is InChI=1S/C6H10O4.C3H4O2/c1-2-6(9)10-4-5(8)3-7;1-2-3(4)5/h2,5,7-8H,1,3-4H2;2H,1H2,(H,4,5). The monoisotopic (exact) mass is 218 g/mol. The average Bonchev–Trinajstić information content (AvgIpc) is 2.25. The van der Waals surface area contributed by atoms with E-state index in [0.29, 0.717) is 0 Å². The Morgan fingerprint density at radius 1 is 1.33 bits per heavy atom. The number of esters is 1. The van der Waals surface area contributed by atoms with E-state index in [9.17, 15) is 9.59 Å². The number of aliphatic carboxylic acids is 1. The van der Waals surface area contributed by atoms with Gasteiger partial charge in [0.15, 0.2) is 0 Å². The van der Waals surface area contributed by atoms with Gasteiger partial charge in [-0.1, -0.05) is 13.2 Å². The van der Waals surface area contributed by atoms with Crippen LogP contribution in [0.1, 0.15) is 0 Å². The number of ether oxygens (including phenoxy) is 1. The second-order valence-electron chi connectivity index (χ2n) is 2.21. The van der Waals surface area contributed by atoms with Gasteiger partial charge in [0.05, 0.1) is 6.61 Å². The van der Waals surface area contributed by atoms with Gasteiger partial charge >= 0.3 is 11.9 Å². The van der Waals surface area contributed by atoms with Gasteiger partial charge in [-0.3, -0.25) is 0 Å². The first-order valence-electron chi connectivity index (χ1n) is 3.91. The van der Waals surface area contributed by atoms with E-state index < -0.39 is 24.6 Å². The van der Waals surface area contributed by atoms with Crippen molar-refractivity contribution in [1.82, 2.24) is 0 Å². The molecular formula is C9H14O6. The van der Waals surface area contributed by atoms with Crippen molar-refractivity contribution in [3.63, 3.8) is 0 Å². The first kappa shape index (κ1) is 15.8. The summed E-state index contributed by atoms with van der Waals surface area (Å²) in [7, 11) is 0. The number of carbonyl (C=O) groups excluding carboxylic acids is 1. The van der Waals surface area contributed by atoms with Crippen LogP contribution in [0.5, 0.6) is 0 Å². The van der Waals surface area contributed by atoms with Gasteiger partial charge in [0.1, 0.15) is 12.7 Å². The highest BCUT2D eigenvalue weighted by molar-refractivity contribution is 5.81. The van der Waals surface area contributed by atoms with Crippen molar-refractivity contribution in [1.29, 1.82) is 0 Å². The van der Waals surface area contributed by atoms with E-state index in [0.717, 1.165) is 12.2 Å². The molecule has 0 bridgehead atoms. The van der Waals surface area contributed by atoms with Gasteiger partial charge in [0, 0.05) is 12.2 Å². The summed E-state index contributed by atoms with van der Waals surface area (Å²) in [6.45, 7) is 5.50. The smallest absolute Gasteiger partial charge is 0.330 e. The fourth-order valence-electron chi connectivity index (χ4n) is 0.290. The van der Waals surface area contributed by atoms with Gasteiger partial charge in [-0.05, 0) is 0 Å². The summed E-state index contributed by atoms with van der Waals surface area (Å²) in [5.41, 5.74) is 0. The van der Waals surface area contributed by atoms with Crippen LogP contribution >= 0.6 is 0 Å². The van der Waals surface area contributed by atoms with Crippen molar-refractivity contribution in [3.8, 4) is 0 Å². The fourth-order valence-corrected chi connectivity index (χ4v) is 0.290. The van der Waals surface area contributed by atoms with Crippen molar-refractivity contribution in [2.45, 2.75) is 6.10 Å². The molecule has 1 atom stereocenters. The van der Waals surface area contributed by atoms with E-state index in [1.165, 1.54) is 0 Å². The van der Waals surface area contributed by atoms with Gasteiger partial charge in [-0.25, -0.2) is 9.59 Å². The molecule has 3 N–H and O–H groups in total. The third-order valence-electron chi connectivity index (χ3n) is 0.970. The van der Waals surface area contributed by atoms with E-state index in [1.807, 2.05) is 0 Å². The number of hydrogen-bond acceptors (Lipinski definition) is 5. The summed E-state index contributed by atoms with van der Waals surface area (Å²) in [6.07, 6.45) is 0.827. The normalized spacial score (nSPS) is 10.3. The van der Waals surface area contributed by atoms with Crippen LogP contribution in [-0.2, 0) is 14.3 Å². The maximum atomic E-state index is 10.3. The van der Waals surface area contributed by atoms with E-state index in [4.69, 9.17) is 15.3 Å². The molecule has 0 aromatic heterocycles. The van der Waals surface area contributed by atoms with Crippen LogP contribution < -0.4 is 0 Å². The molecule has 0 aliphatic heterocycles. The molecule has 0 fully saturated rings. The first-order chi connectivity index (χ1) is 6.97. The Balaban J connectivity index is 0. The second kappa shape index (κ2) is 10.4. The highest BCUT2D eigenvalue weighted by atomic mass is 16.5. The minimum atomic E-state index is -0.996. The lowest BCUT2D eigenvalue weighted by molar-refractivity contribution is -0.141. The van der Waals surface area contributed by atoms with Crippen molar-refractivity contribution in [2.24, 2.45) is 0 Å². The third-order valence-corrected chi connectivity index (χ3v) is 0.970. The average molecular weight is 218 g/mol. The summed E-state index contributed by atoms with van der Waals surface area (Å²) in [5.74, 6) is -1.59. The molecule has 15 heavy (non-hydrogen) atoms. The molecule has 0 aromatic rings. The number of hydrogen-bond donors (Lipinski definition) is 3. The molecule has 0 aromatic carbocycles. The molecule has 0 spiro atoms. The molecule has 1 unspecified atom stereocenters. The summed E-state index contributed by atoms with van der Waals surface area (Å²) < 4.78 is 4.38. The minimum absolute atomic E-state index is 0.193. The molecule has 0 saturated heterocycles. The van der Waals surface area contributed by atoms with Crippen molar-refractivity contribution in [3.05, 3.63) is 25.3 Å². The SMILES string of the molecule is C=CC(=O)O.C=CC(=O)OCC(O)CO. The Bertz CT molecular complexity index is 223. The number of carboxylic acids is 1. The van der Waals surface area contributed by atoms with Gasteiger partial charge in [-0.2, -0.15) is 0 Å². The molecule has 0 amide bonds. The zero-order chi connectivity index (χ0) is 12.3. The lowest BCUT2D eigenvalue weighted by Gasteiger charge is -2.05. The minimum Gasteiger partial charge on any atom is -0.478 e. The number of rotatable bonds is 5. The van der Waals surface area contributed by atoms with Crippen LogP contribution in [0, 0.1) is 0 Å². The second-order valence-corrected chi connectivity index (χ2v) is 2.21. The van der Waals surface area contributed by atoms with Crippen LogP contribution in [0.25, 0.3) is 0 Å². The van der Waals surface area contributed by atoms with Crippen LogP contribution in [0.3, 0.4) is 0 Å². The Hall–Kier alpha value is -1.66. The van der Waals surface area contributed by atoms with E-state index in [2.05, 4.69) is 17.9 Å². The Labute approximate surface area is 87.1 Å². The molecule has 0 radical (unpaired) electrons. The molecule has 0 heterocycles. The van der Waals surface area contributed by atoms with Crippen LogP contribution in [0.2, 0.25) is 0 Å². The zero-order valence-corrected chi connectivity index (χ0v) is 8.13. The Morgan fingerprint density at radius 3 is 2.07 bits per heavy atom. The quantitative estimate of drug-likeness (QED) is 0.417. The van der Waals surface area contributed by atoms with Gasteiger partial charge < -0.3 is 20.1 Å². The number of carboxylic acid groups (broad SMARTS) is 1. The van der Waals surface area contributed by atoms with Crippen LogP contribution in [0.4, 0.5) is 0 Å². The molecule has 6 heteroatoms. The molecular weight excluding hydrogens is 204 g/mol. The molecule has 6 nitrogen and oxygen atoms in total. The van der Waals surface area contributed by atoms with Crippen LogP contribution in [-0.4, -0.2) is 46.6 Å². The number of carbonyl (C=O) groups is 2. The number of aliphatic hydroxyl groups is 2. The summed E-state index contributed by atoms with van der Waals surface area (Å²) in [5, 5.41) is 24.5. The predicted molar refractivity (Wildman–Crippen MR) is 52.1 cm³/mol. The topological polar surface area (TPSA) is 104 Å².